The van der Waals surface area contributed by atoms with Crippen molar-refractivity contribution in [2.75, 3.05) is 18.9 Å². The van der Waals surface area contributed by atoms with Crippen LogP contribution in [0.4, 0.5) is 0 Å². The summed E-state index contributed by atoms with van der Waals surface area (Å²) >= 11 is 1.24. The molecule has 110 valence electrons. The van der Waals surface area contributed by atoms with Crippen LogP contribution in [0.25, 0.3) is 0 Å². The van der Waals surface area contributed by atoms with Gasteiger partial charge in [-0.25, -0.2) is 13.6 Å². The van der Waals surface area contributed by atoms with Crippen LogP contribution in [0.1, 0.15) is 27.4 Å². The lowest BCUT2D eigenvalue weighted by Gasteiger charge is -2.02. The molecule has 1 aromatic rings. The predicted octanol–water partition coefficient (Wildman–Crippen LogP) is -0.110. The fraction of sp³-hybridized carbons (Fsp3) is 0.417. The van der Waals surface area contributed by atoms with Gasteiger partial charge in [-0.1, -0.05) is 11.8 Å². The van der Waals surface area contributed by atoms with E-state index >= 15 is 0 Å². The zero-order valence-corrected chi connectivity index (χ0v) is 12.4. The summed E-state index contributed by atoms with van der Waals surface area (Å²) in [7, 11) is -3.48. The molecule has 0 atom stereocenters. The Morgan fingerprint density at radius 2 is 2.20 bits per heavy atom. The number of carbonyl (C=O) groups is 1. The molecule has 0 aliphatic carbocycles. The van der Waals surface area contributed by atoms with Crippen molar-refractivity contribution in [3.63, 3.8) is 0 Å². The van der Waals surface area contributed by atoms with E-state index in [1.54, 1.807) is 12.1 Å². The zero-order chi connectivity index (χ0) is 15.0. The minimum absolute atomic E-state index is 0.00969. The standard InChI is InChI=1S/C12H16N2O4S2/c13-20(17,18)9-3-7-14-12(16)11-6-5-10(19-11)4-1-2-8-15/h5-6,15H,2-3,7-9H2,(H,14,16)(H2,13,17,18). The maximum atomic E-state index is 11.7. The fourth-order valence-corrected chi connectivity index (χ4v) is 2.64. The maximum Gasteiger partial charge on any atom is 0.261 e. The number of amides is 1. The van der Waals surface area contributed by atoms with Crippen molar-refractivity contribution >= 4 is 27.3 Å². The molecule has 0 aliphatic heterocycles. The number of primary sulfonamides is 1. The smallest absolute Gasteiger partial charge is 0.261 e. The van der Waals surface area contributed by atoms with E-state index < -0.39 is 10.0 Å². The first-order valence-corrected chi connectivity index (χ1v) is 8.44. The molecule has 20 heavy (non-hydrogen) atoms. The van der Waals surface area contributed by atoms with Gasteiger partial charge in [-0.3, -0.25) is 4.79 Å². The van der Waals surface area contributed by atoms with Crippen LogP contribution < -0.4 is 10.5 Å². The highest BCUT2D eigenvalue weighted by atomic mass is 32.2. The summed E-state index contributed by atoms with van der Waals surface area (Å²) < 4.78 is 21.4. The van der Waals surface area contributed by atoms with Gasteiger partial charge < -0.3 is 10.4 Å². The van der Waals surface area contributed by atoms with E-state index in [2.05, 4.69) is 17.2 Å². The van der Waals surface area contributed by atoms with E-state index in [0.717, 1.165) is 4.88 Å². The Bertz CT molecular complexity index is 611. The van der Waals surface area contributed by atoms with Gasteiger partial charge in [0.05, 0.1) is 22.1 Å². The van der Waals surface area contributed by atoms with Crippen LogP contribution in [-0.4, -0.2) is 38.3 Å². The van der Waals surface area contributed by atoms with Gasteiger partial charge in [0.1, 0.15) is 0 Å². The second kappa shape index (κ2) is 8.01. The molecule has 0 saturated heterocycles. The number of nitrogens with one attached hydrogen (secondary N) is 1. The van der Waals surface area contributed by atoms with Crippen molar-refractivity contribution in [1.29, 1.82) is 0 Å². The lowest BCUT2D eigenvalue weighted by atomic mass is 10.3. The summed E-state index contributed by atoms with van der Waals surface area (Å²) in [6.07, 6.45) is 0.673. The molecule has 8 heteroatoms. The summed E-state index contributed by atoms with van der Waals surface area (Å²) in [5, 5.41) is 16.1. The van der Waals surface area contributed by atoms with Crippen LogP contribution in [-0.2, 0) is 10.0 Å². The Morgan fingerprint density at radius 1 is 1.45 bits per heavy atom. The predicted molar refractivity (Wildman–Crippen MR) is 77.8 cm³/mol. The topological polar surface area (TPSA) is 109 Å². The van der Waals surface area contributed by atoms with Crippen molar-refractivity contribution in [3.8, 4) is 11.8 Å². The molecule has 0 spiro atoms. The van der Waals surface area contributed by atoms with Crippen molar-refractivity contribution in [2.45, 2.75) is 12.8 Å². The average molecular weight is 316 g/mol. The molecule has 1 rings (SSSR count). The molecular weight excluding hydrogens is 300 g/mol. The number of aliphatic hydroxyl groups excluding tert-OH is 1. The Kier molecular flexibility index (Phi) is 6.67. The number of rotatable bonds is 6. The van der Waals surface area contributed by atoms with Crippen LogP contribution in [0.5, 0.6) is 0 Å². The van der Waals surface area contributed by atoms with Crippen molar-refractivity contribution in [1.82, 2.24) is 5.32 Å². The van der Waals surface area contributed by atoms with Gasteiger partial charge in [-0.2, -0.15) is 0 Å². The van der Waals surface area contributed by atoms with Gasteiger partial charge in [-0.15, -0.1) is 11.3 Å². The second-order valence-corrected chi connectivity index (χ2v) is 6.73. The summed E-state index contributed by atoms with van der Waals surface area (Å²) in [6.45, 7) is 0.258. The third-order valence-corrected chi connectivity index (χ3v) is 4.03. The molecule has 0 saturated carbocycles. The molecule has 6 nitrogen and oxygen atoms in total. The van der Waals surface area contributed by atoms with Gasteiger partial charge >= 0.3 is 0 Å². The molecule has 0 radical (unpaired) electrons. The van der Waals surface area contributed by atoms with Crippen molar-refractivity contribution in [3.05, 3.63) is 21.9 Å². The number of aliphatic hydroxyl groups is 1. The van der Waals surface area contributed by atoms with Crippen LogP contribution in [0, 0.1) is 11.8 Å². The first-order valence-electron chi connectivity index (χ1n) is 5.90. The second-order valence-electron chi connectivity index (χ2n) is 3.92. The van der Waals surface area contributed by atoms with Crippen molar-refractivity contribution in [2.24, 2.45) is 5.14 Å². The molecule has 0 unspecified atom stereocenters. The summed E-state index contributed by atoms with van der Waals surface area (Å²) in [5.74, 6) is 5.19. The van der Waals surface area contributed by atoms with E-state index in [1.165, 1.54) is 11.3 Å². The highest BCUT2D eigenvalue weighted by Gasteiger charge is 2.08. The van der Waals surface area contributed by atoms with E-state index in [9.17, 15) is 13.2 Å². The van der Waals surface area contributed by atoms with Crippen LogP contribution in [0.2, 0.25) is 0 Å². The molecule has 0 fully saturated rings. The quantitative estimate of drug-likeness (QED) is 0.502. The van der Waals surface area contributed by atoms with Gasteiger partial charge in [0, 0.05) is 13.0 Å². The van der Waals surface area contributed by atoms with Gasteiger partial charge in [0.2, 0.25) is 10.0 Å². The molecule has 1 heterocycles. The third kappa shape index (κ3) is 6.68. The Morgan fingerprint density at radius 3 is 2.85 bits per heavy atom. The largest absolute Gasteiger partial charge is 0.395 e. The molecule has 1 amide bonds. The van der Waals surface area contributed by atoms with Crippen LogP contribution >= 0.6 is 11.3 Å². The summed E-state index contributed by atoms with van der Waals surface area (Å²) in [6, 6.07) is 3.39. The Balaban J connectivity index is 2.43. The third-order valence-electron chi connectivity index (χ3n) is 2.17. The highest BCUT2D eigenvalue weighted by Crippen LogP contribution is 2.15. The molecule has 0 aromatic carbocycles. The monoisotopic (exact) mass is 316 g/mol. The van der Waals surface area contributed by atoms with Gasteiger partial charge in [0.25, 0.3) is 5.91 Å². The molecule has 0 aliphatic rings. The fourth-order valence-electron chi connectivity index (χ4n) is 1.30. The van der Waals surface area contributed by atoms with Gasteiger partial charge in [0.15, 0.2) is 0 Å². The first kappa shape index (κ1) is 16.7. The number of sulfonamides is 1. The first-order chi connectivity index (χ1) is 9.42. The lowest BCUT2D eigenvalue weighted by molar-refractivity contribution is 0.0957. The van der Waals surface area contributed by atoms with E-state index in [-0.39, 0.29) is 31.2 Å². The molecular formula is C12H16N2O4S2. The number of thiophene rings is 1. The minimum Gasteiger partial charge on any atom is -0.395 e. The normalized spacial score (nSPS) is 10.7. The lowest BCUT2D eigenvalue weighted by Crippen LogP contribution is -2.26. The number of nitrogens with two attached hydrogens (primary N) is 1. The van der Waals surface area contributed by atoms with Gasteiger partial charge in [-0.05, 0) is 18.6 Å². The Labute approximate surface area is 122 Å². The molecule has 4 N–H and O–H groups in total. The highest BCUT2D eigenvalue weighted by molar-refractivity contribution is 7.89. The Hall–Kier alpha value is -1.40. The van der Waals surface area contributed by atoms with E-state index in [0.29, 0.717) is 11.3 Å². The molecule has 0 bridgehead atoms. The molecule has 1 aromatic heterocycles. The number of hydrogen-bond acceptors (Lipinski definition) is 5. The number of carbonyl (C=O) groups excluding carboxylic acids is 1. The van der Waals surface area contributed by atoms with E-state index in [1.807, 2.05) is 0 Å². The van der Waals surface area contributed by atoms with E-state index in [4.69, 9.17) is 10.2 Å². The van der Waals surface area contributed by atoms with Crippen LogP contribution in [0.3, 0.4) is 0 Å². The average Bonchev–Trinajstić information content (AvgIpc) is 2.82. The SMILES string of the molecule is NS(=O)(=O)CCCNC(=O)c1ccc(C#CCCO)s1. The zero-order valence-electron chi connectivity index (χ0n) is 10.8. The summed E-state index contributed by atoms with van der Waals surface area (Å²) in [5.41, 5.74) is 0. The minimum atomic E-state index is -3.48. The number of hydrogen-bond donors (Lipinski definition) is 3. The van der Waals surface area contributed by atoms with Crippen LogP contribution in [0.15, 0.2) is 12.1 Å². The van der Waals surface area contributed by atoms with Crippen molar-refractivity contribution < 1.29 is 18.3 Å². The summed E-state index contributed by atoms with van der Waals surface area (Å²) in [4.78, 5) is 13.0. The maximum absolute atomic E-state index is 11.7.